The zero-order chi connectivity index (χ0) is 14.9. The van der Waals surface area contributed by atoms with Crippen molar-refractivity contribution in [3.05, 3.63) is 101 Å². The second kappa shape index (κ2) is 5.46. The predicted molar refractivity (Wildman–Crippen MR) is 93.7 cm³/mol. The molecule has 0 N–H and O–H groups in total. The summed E-state index contributed by atoms with van der Waals surface area (Å²) in [6.07, 6.45) is 10.5. The third-order valence-electron chi connectivity index (χ3n) is 4.79. The molecule has 4 rings (SSSR count). The van der Waals surface area contributed by atoms with Gasteiger partial charge in [0.15, 0.2) is 0 Å². The Morgan fingerprint density at radius 2 is 1.68 bits per heavy atom. The summed E-state index contributed by atoms with van der Waals surface area (Å²) >= 11 is 0. The summed E-state index contributed by atoms with van der Waals surface area (Å²) in [5.41, 5.74) is 7.16. The van der Waals surface area contributed by atoms with Crippen LogP contribution in [0.15, 0.2) is 84.0 Å². The van der Waals surface area contributed by atoms with E-state index in [0.29, 0.717) is 11.8 Å². The molecule has 0 nitrogen and oxygen atoms in total. The molecule has 0 heterocycles. The minimum absolute atomic E-state index is 0.472. The Morgan fingerprint density at radius 3 is 2.45 bits per heavy atom. The highest BCUT2D eigenvalue weighted by Gasteiger charge is 2.25. The SMILES string of the molecule is CC1=CC(C2=Cc3ccccc3C(c3ccccc3)C2)C=C1. The average Bonchev–Trinajstić information content (AvgIpc) is 3.01. The van der Waals surface area contributed by atoms with Gasteiger partial charge in [-0.15, -0.1) is 0 Å². The molecular formula is C22H20. The molecule has 2 atom stereocenters. The summed E-state index contributed by atoms with van der Waals surface area (Å²) in [5.74, 6) is 0.944. The van der Waals surface area contributed by atoms with Crippen LogP contribution in [0.3, 0.4) is 0 Å². The van der Waals surface area contributed by atoms with Crippen molar-refractivity contribution in [2.75, 3.05) is 0 Å². The molecule has 0 bridgehead atoms. The molecule has 0 aromatic heterocycles. The summed E-state index contributed by atoms with van der Waals surface area (Å²) in [6.45, 7) is 2.18. The van der Waals surface area contributed by atoms with Gasteiger partial charge in [-0.3, -0.25) is 0 Å². The molecule has 108 valence electrons. The first-order valence-electron chi connectivity index (χ1n) is 8.02. The van der Waals surface area contributed by atoms with Gasteiger partial charge in [-0.25, -0.2) is 0 Å². The topological polar surface area (TPSA) is 0 Å². The Bertz CT molecular complexity index is 775. The van der Waals surface area contributed by atoms with E-state index in [1.807, 2.05) is 0 Å². The fourth-order valence-corrected chi connectivity index (χ4v) is 3.66. The van der Waals surface area contributed by atoms with E-state index in [9.17, 15) is 0 Å². The van der Waals surface area contributed by atoms with Crippen LogP contribution in [0.5, 0.6) is 0 Å². The van der Waals surface area contributed by atoms with Crippen LogP contribution in [0.4, 0.5) is 0 Å². The minimum atomic E-state index is 0.472. The molecule has 2 unspecified atom stereocenters. The lowest BCUT2D eigenvalue weighted by Crippen LogP contribution is -2.12. The Kier molecular flexibility index (Phi) is 3.31. The lowest BCUT2D eigenvalue weighted by atomic mass is 9.76. The van der Waals surface area contributed by atoms with Gasteiger partial charge in [0.1, 0.15) is 0 Å². The monoisotopic (exact) mass is 284 g/mol. The van der Waals surface area contributed by atoms with Gasteiger partial charge in [-0.2, -0.15) is 0 Å². The number of hydrogen-bond donors (Lipinski definition) is 0. The molecule has 0 saturated carbocycles. The number of rotatable bonds is 2. The van der Waals surface area contributed by atoms with E-state index in [1.165, 1.54) is 27.8 Å². The fourth-order valence-electron chi connectivity index (χ4n) is 3.66. The maximum Gasteiger partial charge on any atom is 0.0169 e. The van der Waals surface area contributed by atoms with Crippen molar-refractivity contribution in [1.29, 1.82) is 0 Å². The van der Waals surface area contributed by atoms with Crippen molar-refractivity contribution in [2.24, 2.45) is 5.92 Å². The highest BCUT2D eigenvalue weighted by molar-refractivity contribution is 5.64. The van der Waals surface area contributed by atoms with E-state index in [-0.39, 0.29) is 0 Å². The average molecular weight is 284 g/mol. The van der Waals surface area contributed by atoms with Crippen molar-refractivity contribution < 1.29 is 0 Å². The maximum absolute atomic E-state index is 2.40. The quantitative estimate of drug-likeness (QED) is 0.660. The molecule has 2 aromatic rings. The van der Waals surface area contributed by atoms with Crippen LogP contribution >= 0.6 is 0 Å². The molecule has 0 spiro atoms. The molecule has 0 radical (unpaired) electrons. The third-order valence-corrected chi connectivity index (χ3v) is 4.79. The van der Waals surface area contributed by atoms with Crippen LogP contribution in [0.1, 0.15) is 36.0 Å². The van der Waals surface area contributed by atoms with Gasteiger partial charge in [0.05, 0.1) is 0 Å². The van der Waals surface area contributed by atoms with Crippen LogP contribution in [-0.2, 0) is 0 Å². The summed E-state index contributed by atoms with van der Waals surface area (Å²) in [6, 6.07) is 19.8. The molecule has 0 amide bonds. The molecule has 0 fully saturated rings. The van der Waals surface area contributed by atoms with Gasteiger partial charge in [0, 0.05) is 11.8 Å². The van der Waals surface area contributed by atoms with E-state index in [1.54, 1.807) is 0 Å². The van der Waals surface area contributed by atoms with Crippen molar-refractivity contribution in [2.45, 2.75) is 19.3 Å². The predicted octanol–water partition coefficient (Wildman–Crippen LogP) is 5.74. The molecule has 22 heavy (non-hydrogen) atoms. The second-order valence-electron chi connectivity index (χ2n) is 6.31. The largest absolute Gasteiger partial charge is 0.0733 e. The van der Waals surface area contributed by atoms with E-state index in [4.69, 9.17) is 0 Å². The fraction of sp³-hybridized carbons (Fsp3) is 0.182. The normalized spacial score (nSPS) is 23.0. The lowest BCUT2D eigenvalue weighted by molar-refractivity contribution is 0.737. The van der Waals surface area contributed by atoms with Crippen molar-refractivity contribution >= 4 is 6.08 Å². The Morgan fingerprint density at radius 1 is 0.909 bits per heavy atom. The molecule has 0 aliphatic heterocycles. The third kappa shape index (κ3) is 2.35. The number of benzene rings is 2. The zero-order valence-corrected chi connectivity index (χ0v) is 12.9. The Labute approximate surface area is 132 Å². The second-order valence-corrected chi connectivity index (χ2v) is 6.31. The van der Waals surface area contributed by atoms with E-state index >= 15 is 0 Å². The van der Waals surface area contributed by atoms with Crippen LogP contribution in [0.2, 0.25) is 0 Å². The first-order valence-corrected chi connectivity index (χ1v) is 8.02. The molecule has 0 heteroatoms. The van der Waals surface area contributed by atoms with Gasteiger partial charge < -0.3 is 0 Å². The summed E-state index contributed by atoms with van der Waals surface area (Å²) in [4.78, 5) is 0. The standard InChI is InChI=1S/C22H20/c1-16-11-12-18(13-16)20-14-19-9-5-6-10-21(19)22(15-20)17-7-3-2-4-8-17/h2-14,18,22H,15H2,1H3. The molecule has 2 aliphatic rings. The molecule has 0 saturated heterocycles. The van der Waals surface area contributed by atoms with E-state index in [0.717, 1.165) is 6.42 Å². The van der Waals surface area contributed by atoms with Gasteiger partial charge in [0.25, 0.3) is 0 Å². The van der Waals surface area contributed by atoms with Crippen LogP contribution in [-0.4, -0.2) is 0 Å². The number of allylic oxidation sites excluding steroid dienone is 5. The van der Waals surface area contributed by atoms with Crippen LogP contribution in [0.25, 0.3) is 6.08 Å². The van der Waals surface area contributed by atoms with E-state index in [2.05, 4.69) is 85.8 Å². The smallest absolute Gasteiger partial charge is 0.0169 e. The van der Waals surface area contributed by atoms with Crippen molar-refractivity contribution in [1.82, 2.24) is 0 Å². The van der Waals surface area contributed by atoms with Gasteiger partial charge >= 0.3 is 0 Å². The molecule has 2 aliphatic carbocycles. The van der Waals surface area contributed by atoms with Crippen LogP contribution < -0.4 is 0 Å². The highest BCUT2D eigenvalue weighted by Crippen LogP contribution is 2.42. The zero-order valence-electron chi connectivity index (χ0n) is 12.9. The molecule has 2 aromatic carbocycles. The summed E-state index contributed by atoms with van der Waals surface area (Å²) < 4.78 is 0. The van der Waals surface area contributed by atoms with E-state index < -0.39 is 0 Å². The lowest BCUT2D eigenvalue weighted by Gasteiger charge is -2.28. The molecular weight excluding hydrogens is 264 g/mol. The van der Waals surface area contributed by atoms with Crippen molar-refractivity contribution in [3.63, 3.8) is 0 Å². The van der Waals surface area contributed by atoms with Gasteiger partial charge in [-0.05, 0) is 30.0 Å². The number of fused-ring (bicyclic) bond motifs is 1. The van der Waals surface area contributed by atoms with Crippen molar-refractivity contribution in [3.8, 4) is 0 Å². The summed E-state index contributed by atoms with van der Waals surface area (Å²) in [7, 11) is 0. The summed E-state index contributed by atoms with van der Waals surface area (Å²) in [5, 5.41) is 0. The number of hydrogen-bond acceptors (Lipinski definition) is 0. The van der Waals surface area contributed by atoms with Gasteiger partial charge in [-0.1, -0.05) is 90.0 Å². The minimum Gasteiger partial charge on any atom is -0.0733 e. The first-order chi connectivity index (χ1) is 10.8. The highest BCUT2D eigenvalue weighted by atomic mass is 14.3. The Hall–Kier alpha value is -2.34. The maximum atomic E-state index is 2.40. The first kappa shape index (κ1) is 13.3. The van der Waals surface area contributed by atoms with Gasteiger partial charge in [0.2, 0.25) is 0 Å². The van der Waals surface area contributed by atoms with Crippen LogP contribution in [0, 0.1) is 5.92 Å². The Balaban J connectivity index is 1.79.